The molecule has 1 unspecified atom stereocenters. The predicted molar refractivity (Wildman–Crippen MR) is 80.6 cm³/mol. The van der Waals surface area contributed by atoms with Crippen molar-refractivity contribution in [3.63, 3.8) is 0 Å². The Labute approximate surface area is 126 Å². The maximum absolute atomic E-state index is 11.9. The standard InChI is InChI=1S/C14H25N3O2.ClH/c15-14(19)10-3-5-12(6-4-10)17-13(18)8-7-11-2-1-9-16-11;/h10-12,16H,1-9H2,(H2,15,19)(H,17,18);1H. The second-order valence-corrected chi connectivity index (χ2v) is 5.85. The van der Waals surface area contributed by atoms with Gasteiger partial charge in [-0.05, 0) is 51.5 Å². The SMILES string of the molecule is Cl.NC(=O)C1CCC(NC(=O)CCC2CCCN2)CC1. The molecule has 1 aliphatic heterocycles. The van der Waals surface area contributed by atoms with Gasteiger partial charge in [0, 0.05) is 24.4 Å². The Hall–Kier alpha value is -0.810. The van der Waals surface area contributed by atoms with Crippen LogP contribution in [0.3, 0.4) is 0 Å². The Morgan fingerprint density at radius 3 is 2.40 bits per heavy atom. The maximum Gasteiger partial charge on any atom is 0.220 e. The Morgan fingerprint density at radius 1 is 1.15 bits per heavy atom. The minimum Gasteiger partial charge on any atom is -0.369 e. The largest absolute Gasteiger partial charge is 0.369 e. The Kier molecular flexibility index (Phi) is 7.30. The molecule has 1 saturated carbocycles. The number of hydrogen-bond acceptors (Lipinski definition) is 3. The summed E-state index contributed by atoms with van der Waals surface area (Å²) in [5.74, 6) is -0.0378. The van der Waals surface area contributed by atoms with E-state index in [-0.39, 0.29) is 36.2 Å². The summed E-state index contributed by atoms with van der Waals surface area (Å²) >= 11 is 0. The quantitative estimate of drug-likeness (QED) is 0.711. The summed E-state index contributed by atoms with van der Waals surface area (Å²) in [5.41, 5.74) is 5.30. The number of carbonyl (C=O) groups is 2. The highest BCUT2D eigenvalue weighted by atomic mass is 35.5. The van der Waals surface area contributed by atoms with Gasteiger partial charge in [-0.3, -0.25) is 9.59 Å². The van der Waals surface area contributed by atoms with E-state index >= 15 is 0 Å². The molecule has 5 nitrogen and oxygen atoms in total. The van der Waals surface area contributed by atoms with Crippen LogP contribution < -0.4 is 16.4 Å². The van der Waals surface area contributed by atoms with Gasteiger partial charge in [0.1, 0.15) is 0 Å². The predicted octanol–water partition coefficient (Wildman–Crippen LogP) is 1.10. The molecule has 0 aromatic rings. The molecule has 0 aromatic heterocycles. The molecule has 6 heteroatoms. The first-order valence-corrected chi connectivity index (χ1v) is 7.47. The van der Waals surface area contributed by atoms with E-state index in [0.717, 1.165) is 38.6 Å². The van der Waals surface area contributed by atoms with Crippen molar-refractivity contribution in [2.75, 3.05) is 6.54 Å². The van der Waals surface area contributed by atoms with Gasteiger partial charge < -0.3 is 16.4 Å². The minimum absolute atomic E-state index is 0. The van der Waals surface area contributed by atoms with Crippen LogP contribution in [0.5, 0.6) is 0 Å². The first-order valence-electron chi connectivity index (χ1n) is 7.47. The van der Waals surface area contributed by atoms with Crippen LogP contribution in [0.15, 0.2) is 0 Å². The molecule has 1 heterocycles. The topological polar surface area (TPSA) is 84.2 Å². The van der Waals surface area contributed by atoms with Crippen molar-refractivity contribution in [3.05, 3.63) is 0 Å². The molecule has 2 amide bonds. The second kappa shape index (κ2) is 8.47. The molecule has 1 atom stereocenters. The lowest BCUT2D eigenvalue weighted by Gasteiger charge is -2.27. The lowest BCUT2D eigenvalue weighted by molar-refractivity contribution is -0.123. The molecule has 116 valence electrons. The number of rotatable bonds is 5. The fourth-order valence-electron chi connectivity index (χ4n) is 3.13. The van der Waals surface area contributed by atoms with Crippen molar-refractivity contribution in [1.29, 1.82) is 0 Å². The van der Waals surface area contributed by atoms with E-state index in [1.165, 1.54) is 12.8 Å². The maximum atomic E-state index is 11.9. The summed E-state index contributed by atoms with van der Waals surface area (Å²) in [6, 6.07) is 0.760. The number of nitrogens with one attached hydrogen (secondary N) is 2. The number of carbonyl (C=O) groups excluding carboxylic acids is 2. The van der Waals surface area contributed by atoms with Gasteiger partial charge in [0.25, 0.3) is 0 Å². The molecule has 2 aliphatic rings. The highest BCUT2D eigenvalue weighted by Crippen LogP contribution is 2.24. The third-order valence-electron chi connectivity index (χ3n) is 4.38. The number of halogens is 1. The average Bonchev–Trinajstić information content (AvgIpc) is 2.90. The fraction of sp³-hybridized carbons (Fsp3) is 0.857. The molecule has 1 aliphatic carbocycles. The van der Waals surface area contributed by atoms with Crippen LogP contribution in [-0.4, -0.2) is 30.4 Å². The first kappa shape index (κ1) is 17.2. The second-order valence-electron chi connectivity index (χ2n) is 5.85. The highest BCUT2D eigenvalue weighted by Gasteiger charge is 2.25. The number of primary amides is 1. The van der Waals surface area contributed by atoms with Crippen molar-refractivity contribution in [3.8, 4) is 0 Å². The summed E-state index contributed by atoms with van der Waals surface area (Å²) in [7, 11) is 0. The molecule has 2 fully saturated rings. The van der Waals surface area contributed by atoms with Crippen LogP contribution in [0.4, 0.5) is 0 Å². The zero-order chi connectivity index (χ0) is 13.7. The average molecular weight is 304 g/mol. The molecule has 0 radical (unpaired) electrons. The van der Waals surface area contributed by atoms with Gasteiger partial charge in [0.2, 0.25) is 11.8 Å². The Morgan fingerprint density at radius 2 is 1.85 bits per heavy atom. The van der Waals surface area contributed by atoms with Crippen LogP contribution in [0, 0.1) is 5.92 Å². The highest BCUT2D eigenvalue weighted by molar-refractivity contribution is 5.85. The van der Waals surface area contributed by atoms with Crippen LogP contribution in [0.1, 0.15) is 51.4 Å². The van der Waals surface area contributed by atoms with E-state index in [1.54, 1.807) is 0 Å². The van der Waals surface area contributed by atoms with Crippen molar-refractivity contribution in [2.45, 2.75) is 63.5 Å². The van der Waals surface area contributed by atoms with Gasteiger partial charge in [0.15, 0.2) is 0 Å². The van der Waals surface area contributed by atoms with E-state index in [1.807, 2.05) is 0 Å². The summed E-state index contributed by atoms with van der Waals surface area (Å²) in [5, 5.41) is 6.49. The van der Waals surface area contributed by atoms with Crippen LogP contribution >= 0.6 is 12.4 Å². The van der Waals surface area contributed by atoms with Gasteiger partial charge in [-0.15, -0.1) is 12.4 Å². The van der Waals surface area contributed by atoms with E-state index in [9.17, 15) is 9.59 Å². The molecule has 0 aromatic carbocycles. The van der Waals surface area contributed by atoms with Gasteiger partial charge in [-0.25, -0.2) is 0 Å². The third-order valence-corrected chi connectivity index (χ3v) is 4.38. The van der Waals surface area contributed by atoms with Crippen molar-refractivity contribution in [2.24, 2.45) is 11.7 Å². The normalized spacial score (nSPS) is 29.5. The zero-order valence-corrected chi connectivity index (χ0v) is 12.7. The molecule has 20 heavy (non-hydrogen) atoms. The summed E-state index contributed by atoms with van der Waals surface area (Å²) in [6.07, 6.45) is 7.33. The smallest absolute Gasteiger partial charge is 0.220 e. The molecular weight excluding hydrogens is 278 g/mol. The Balaban J connectivity index is 0.00000200. The minimum atomic E-state index is -0.197. The van der Waals surface area contributed by atoms with Gasteiger partial charge in [0.05, 0.1) is 0 Å². The first-order chi connectivity index (χ1) is 9.15. The van der Waals surface area contributed by atoms with E-state index in [0.29, 0.717) is 12.5 Å². The monoisotopic (exact) mass is 303 g/mol. The number of amides is 2. The Bertz CT molecular complexity index is 324. The lowest BCUT2D eigenvalue weighted by atomic mass is 9.85. The molecule has 1 saturated heterocycles. The lowest BCUT2D eigenvalue weighted by Crippen LogP contribution is -2.40. The summed E-state index contributed by atoms with van der Waals surface area (Å²) in [6.45, 7) is 1.09. The van der Waals surface area contributed by atoms with Crippen molar-refractivity contribution >= 4 is 24.2 Å². The van der Waals surface area contributed by atoms with E-state index in [2.05, 4.69) is 10.6 Å². The van der Waals surface area contributed by atoms with Crippen LogP contribution in [0.25, 0.3) is 0 Å². The van der Waals surface area contributed by atoms with Gasteiger partial charge >= 0.3 is 0 Å². The van der Waals surface area contributed by atoms with Gasteiger partial charge in [-0.2, -0.15) is 0 Å². The van der Waals surface area contributed by atoms with E-state index < -0.39 is 0 Å². The van der Waals surface area contributed by atoms with E-state index in [4.69, 9.17) is 5.73 Å². The molecular formula is C14H26ClN3O2. The van der Waals surface area contributed by atoms with Gasteiger partial charge in [-0.1, -0.05) is 0 Å². The molecule has 0 bridgehead atoms. The fourth-order valence-corrected chi connectivity index (χ4v) is 3.13. The van der Waals surface area contributed by atoms with Crippen LogP contribution in [0.2, 0.25) is 0 Å². The molecule has 0 spiro atoms. The summed E-state index contributed by atoms with van der Waals surface area (Å²) in [4.78, 5) is 22.9. The number of nitrogens with two attached hydrogens (primary N) is 1. The zero-order valence-electron chi connectivity index (χ0n) is 11.9. The number of hydrogen-bond donors (Lipinski definition) is 3. The third kappa shape index (κ3) is 5.29. The molecule has 4 N–H and O–H groups in total. The van der Waals surface area contributed by atoms with Crippen LogP contribution in [-0.2, 0) is 9.59 Å². The van der Waals surface area contributed by atoms with Crippen molar-refractivity contribution in [1.82, 2.24) is 10.6 Å². The van der Waals surface area contributed by atoms with Crippen molar-refractivity contribution < 1.29 is 9.59 Å². The summed E-state index contributed by atoms with van der Waals surface area (Å²) < 4.78 is 0. The molecule has 2 rings (SSSR count).